The maximum atomic E-state index is 6.17. The lowest BCUT2D eigenvalue weighted by atomic mass is 10.1. The third-order valence-electron chi connectivity index (χ3n) is 2.27. The molecule has 0 bridgehead atoms. The Hall–Kier alpha value is -0.480. The van der Waals surface area contributed by atoms with Gasteiger partial charge in [0.2, 0.25) is 0 Å². The average molecular weight is 320 g/mol. The van der Waals surface area contributed by atoms with Crippen LogP contribution in [0, 0.1) is 0 Å². The summed E-state index contributed by atoms with van der Waals surface area (Å²) in [7, 11) is 0. The first-order valence-electron chi connectivity index (χ1n) is 5.08. The lowest BCUT2D eigenvalue weighted by Crippen LogP contribution is -1.96. The Morgan fingerprint density at radius 1 is 1.00 bits per heavy atom. The fourth-order valence-electron chi connectivity index (χ4n) is 1.50. The molecule has 0 aliphatic rings. The molecule has 0 amide bonds. The predicted molar refractivity (Wildman–Crippen MR) is 79.7 cm³/mol. The number of hydrogen-bond acceptors (Lipinski definition) is 3. The highest BCUT2D eigenvalue weighted by atomic mass is 35.5. The van der Waals surface area contributed by atoms with Gasteiger partial charge in [-0.1, -0.05) is 46.9 Å². The molecule has 0 aliphatic carbocycles. The predicted octanol–water partition coefficient (Wildman–Crippen LogP) is 4.97. The normalized spacial score (nSPS) is 10.7. The quantitative estimate of drug-likeness (QED) is 0.747. The lowest BCUT2D eigenvalue weighted by Gasteiger charge is -2.08. The summed E-state index contributed by atoms with van der Waals surface area (Å²) < 4.78 is 0. The molecule has 18 heavy (non-hydrogen) atoms. The van der Waals surface area contributed by atoms with Gasteiger partial charge >= 0.3 is 0 Å². The van der Waals surface area contributed by atoms with Crippen molar-refractivity contribution in [2.24, 2.45) is 0 Å². The van der Waals surface area contributed by atoms with Crippen LogP contribution in [0.3, 0.4) is 0 Å². The lowest BCUT2D eigenvalue weighted by molar-refractivity contribution is 1.04. The van der Waals surface area contributed by atoms with Crippen molar-refractivity contribution >= 4 is 46.6 Å². The summed E-state index contributed by atoms with van der Waals surface area (Å²) in [5.41, 5.74) is 1.49. The molecule has 0 saturated carbocycles. The summed E-state index contributed by atoms with van der Waals surface area (Å²) in [4.78, 5) is 8.48. The van der Waals surface area contributed by atoms with Crippen molar-refractivity contribution in [3.63, 3.8) is 0 Å². The van der Waals surface area contributed by atoms with Gasteiger partial charge < -0.3 is 0 Å². The fourth-order valence-corrected chi connectivity index (χ4v) is 2.65. The zero-order valence-electron chi connectivity index (χ0n) is 9.45. The summed E-state index contributed by atoms with van der Waals surface area (Å²) in [6.07, 6.45) is 1.97. The van der Waals surface area contributed by atoms with Crippen molar-refractivity contribution in [1.29, 1.82) is 0 Å². The number of aromatic nitrogens is 2. The summed E-state index contributed by atoms with van der Waals surface area (Å²) >= 11 is 19.8. The molecule has 0 radical (unpaired) electrons. The van der Waals surface area contributed by atoms with Gasteiger partial charge in [0.15, 0.2) is 0 Å². The van der Waals surface area contributed by atoms with E-state index in [1.807, 2.05) is 18.4 Å². The first kappa shape index (κ1) is 13.9. The first-order chi connectivity index (χ1) is 8.61. The van der Waals surface area contributed by atoms with Crippen LogP contribution in [0.15, 0.2) is 24.3 Å². The Balaban J connectivity index is 2.48. The van der Waals surface area contributed by atoms with Crippen LogP contribution in [0.4, 0.5) is 0 Å². The Labute approximate surface area is 125 Å². The largest absolute Gasteiger partial charge is 0.220 e. The molecule has 2 rings (SSSR count). The van der Waals surface area contributed by atoms with Gasteiger partial charge in [-0.15, -0.1) is 0 Å². The summed E-state index contributed by atoms with van der Waals surface area (Å²) in [5.74, 6) is 1.32. The van der Waals surface area contributed by atoms with E-state index in [-0.39, 0.29) is 0 Å². The van der Waals surface area contributed by atoms with Gasteiger partial charge in [0.25, 0.3) is 0 Å². The van der Waals surface area contributed by atoms with Crippen LogP contribution < -0.4 is 0 Å². The Kier molecular flexibility index (Phi) is 4.73. The SMILES string of the molecule is CSCc1nc(Cl)c(-c2ccc(Cl)cc2)c(Cl)n1. The highest BCUT2D eigenvalue weighted by Crippen LogP contribution is 2.33. The zero-order valence-corrected chi connectivity index (χ0v) is 12.5. The zero-order chi connectivity index (χ0) is 13.1. The maximum Gasteiger partial charge on any atom is 0.142 e. The molecular weight excluding hydrogens is 311 g/mol. The van der Waals surface area contributed by atoms with Crippen LogP contribution in [0.1, 0.15) is 5.82 Å². The van der Waals surface area contributed by atoms with Crippen molar-refractivity contribution < 1.29 is 0 Å². The van der Waals surface area contributed by atoms with E-state index in [1.165, 1.54) is 0 Å². The first-order valence-corrected chi connectivity index (χ1v) is 7.61. The van der Waals surface area contributed by atoms with Crippen LogP contribution in [-0.4, -0.2) is 16.2 Å². The molecule has 0 saturated heterocycles. The number of hydrogen-bond donors (Lipinski definition) is 0. The van der Waals surface area contributed by atoms with E-state index in [9.17, 15) is 0 Å². The van der Waals surface area contributed by atoms with E-state index >= 15 is 0 Å². The Morgan fingerprint density at radius 2 is 1.56 bits per heavy atom. The molecule has 0 N–H and O–H groups in total. The standard InChI is InChI=1S/C12H9Cl3N2S/c1-18-6-9-16-11(14)10(12(15)17-9)7-2-4-8(13)5-3-7/h2-5H,6H2,1H3. The monoisotopic (exact) mass is 318 g/mol. The summed E-state index contributed by atoms with van der Waals surface area (Å²) in [6.45, 7) is 0. The molecule has 0 atom stereocenters. The number of halogens is 3. The molecule has 0 aliphatic heterocycles. The second-order valence-electron chi connectivity index (χ2n) is 3.54. The van der Waals surface area contributed by atoms with Gasteiger partial charge in [-0.05, 0) is 24.0 Å². The molecule has 0 spiro atoms. The van der Waals surface area contributed by atoms with E-state index in [2.05, 4.69) is 9.97 Å². The second kappa shape index (κ2) is 6.11. The molecule has 1 aromatic heterocycles. The molecule has 0 unspecified atom stereocenters. The van der Waals surface area contributed by atoms with Crippen LogP contribution in [0.2, 0.25) is 15.3 Å². The van der Waals surface area contributed by atoms with Crippen LogP contribution >= 0.6 is 46.6 Å². The minimum absolute atomic E-state index is 0.362. The van der Waals surface area contributed by atoms with E-state index in [0.29, 0.717) is 32.5 Å². The van der Waals surface area contributed by atoms with Crippen molar-refractivity contribution in [3.8, 4) is 11.1 Å². The van der Waals surface area contributed by atoms with Gasteiger partial charge in [0.05, 0.1) is 11.3 Å². The Bertz CT molecular complexity index is 535. The number of thioether (sulfide) groups is 1. The van der Waals surface area contributed by atoms with Crippen molar-refractivity contribution in [2.45, 2.75) is 5.75 Å². The molecule has 2 nitrogen and oxygen atoms in total. The van der Waals surface area contributed by atoms with Crippen LogP contribution in [0.25, 0.3) is 11.1 Å². The number of rotatable bonds is 3. The van der Waals surface area contributed by atoms with Gasteiger partial charge in [0, 0.05) is 5.02 Å². The molecule has 1 heterocycles. The van der Waals surface area contributed by atoms with Gasteiger partial charge in [-0.3, -0.25) is 0 Å². The maximum absolute atomic E-state index is 6.17. The van der Waals surface area contributed by atoms with Gasteiger partial charge in [-0.2, -0.15) is 11.8 Å². The fraction of sp³-hybridized carbons (Fsp3) is 0.167. The third-order valence-corrected chi connectivity index (χ3v) is 3.62. The van der Waals surface area contributed by atoms with E-state index in [0.717, 1.165) is 5.56 Å². The second-order valence-corrected chi connectivity index (χ2v) is 5.55. The molecule has 6 heteroatoms. The van der Waals surface area contributed by atoms with Crippen LogP contribution in [-0.2, 0) is 5.75 Å². The highest BCUT2D eigenvalue weighted by Gasteiger charge is 2.13. The van der Waals surface area contributed by atoms with Gasteiger partial charge in [-0.25, -0.2) is 9.97 Å². The molecule has 0 fully saturated rings. The van der Waals surface area contributed by atoms with Crippen molar-refractivity contribution in [1.82, 2.24) is 9.97 Å². The summed E-state index contributed by atoms with van der Waals surface area (Å²) in [6, 6.07) is 7.23. The summed E-state index contributed by atoms with van der Waals surface area (Å²) in [5, 5.41) is 1.38. The Morgan fingerprint density at radius 3 is 2.06 bits per heavy atom. The minimum Gasteiger partial charge on any atom is -0.220 e. The van der Waals surface area contributed by atoms with E-state index in [4.69, 9.17) is 34.8 Å². The molecular formula is C12H9Cl3N2S. The van der Waals surface area contributed by atoms with Gasteiger partial charge in [0.1, 0.15) is 16.1 Å². The minimum atomic E-state index is 0.362. The van der Waals surface area contributed by atoms with Crippen LogP contribution in [0.5, 0.6) is 0 Å². The molecule has 2 aromatic rings. The topological polar surface area (TPSA) is 25.8 Å². The van der Waals surface area contributed by atoms with E-state index in [1.54, 1.807) is 23.9 Å². The molecule has 1 aromatic carbocycles. The number of nitrogens with zero attached hydrogens (tertiary/aromatic N) is 2. The number of benzene rings is 1. The third kappa shape index (κ3) is 3.09. The molecule has 94 valence electrons. The van der Waals surface area contributed by atoms with E-state index < -0.39 is 0 Å². The smallest absolute Gasteiger partial charge is 0.142 e. The van der Waals surface area contributed by atoms with Crippen molar-refractivity contribution in [2.75, 3.05) is 6.26 Å². The average Bonchev–Trinajstić information content (AvgIpc) is 2.31. The van der Waals surface area contributed by atoms with Crippen molar-refractivity contribution in [3.05, 3.63) is 45.4 Å². The highest BCUT2D eigenvalue weighted by molar-refractivity contribution is 7.97.